The van der Waals surface area contributed by atoms with E-state index in [1.54, 1.807) is 14.0 Å². The Morgan fingerprint density at radius 1 is 1.33 bits per heavy atom. The third-order valence-corrected chi connectivity index (χ3v) is 3.93. The zero-order valence-electron chi connectivity index (χ0n) is 11.5. The minimum Gasteiger partial charge on any atom is -0.496 e. The number of aliphatic hydroxyl groups is 1. The molecule has 0 amide bonds. The third kappa shape index (κ3) is 2.46. The summed E-state index contributed by atoms with van der Waals surface area (Å²) in [5.41, 5.74) is 1.99. The maximum absolute atomic E-state index is 10.0. The van der Waals surface area contributed by atoms with Crippen molar-refractivity contribution in [1.29, 1.82) is 0 Å². The van der Waals surface area contributed by atoms with Crippen molar-refractivity contribution in [2.24, 2.45) is 0 Å². The minimum atomic E-state index is -0.514. The maximum Gasteiger partial charge on any atom is 0.126 e. The van der Waals surface area contributed by atoms with Gasteiger partial charge in [-0.15, -0.1) is 0 Å². The highest BCUT2D eigenvalue weighted by Gasteiger charge is 2.24. The Labute approximate surface area is 109 Å². The Hall–Kier alpha value is -1.22. The fourth-order valence-corrected chi connectivity index (χ4v) is 2.93. The molecule has 1 N–H and O–H groups in total. The SMILES string of the molecule is COc1cccc(N(C)C2CCCC2)c1[C@@H](C)O. The third-order valence-electron chi connectivity index (χ3n) is 3.93. The molecule has 0 aliphatic heterocycles. The average molecular weight is 249 g/mol. The first-order valence-electron chi connectivity index (χ1n) is 6.73. The monoisotopic (exact) mass is 249 g/mol. The standard InChI is InChI=1S/C15H23NO2/c1-11(17)15-13(9-6-10-14(15)18-3)16(2)12-7-4-5-8-12/h6,9-12,17H,4-5,7-8H2,1-3H3/t11-/m1/s1. The molecule has 2 rings (SSSR count). The van der Waals surface area contributed by atoms with Gasteiger partial charge in [0.2, 0.25) is 0 Å². The zero-order chi connectivity index (χ0) is 13.1. The van der Waals surface area contributed by atoms with Crippen LogP contribution in [0.2, 0.25) is 0 Å². The minimum absolute atomic E-state index is 0.514. The van der Waals surface area contributed by atoms with Gasteiger partial charge in [-0.25, -0.2) is 0 Å². The van der Waals surface area contributed by atoms with Crippen LogP contribution in [0.4, 0.5) is 5.69 Å². The number of benzene rings is 1. The van der Waals surface area contributed by atoms with Crippen LogP contribution < -0.4 is 9.64 Å². The van der Waals surface area contributed by atoms with Gasteiger partial charge < -0.3 is 14.7 Å². The van der Waals surface area contributed by atoms with Crippen molar-refractivity contribution in [3.8, 4) is 5.75 Å². The van der Waals surface area contributed by atoms with Crippen molar-refractivity contribution in [3.05, 3.63) is 23.8 Å². The molecule has 0 unspecified atom stereocenters. The zero-order valence-corrected chi connectivity index (χ0v) is 11.5. The van der Waals surface area contributed by atoms with E-state index in [1.807, 2.05) is 12.1 Å². The summed E-state index contributed by atoms with van der Waals surface area (Å²) in [6, 6.07) is 6.57. The molecule has 0 aromatic heterocycles. The Morgan fingerprint density at radius 2 is 2.00 bits per heavy atom. The summed E-state index contributed by atoms with van der Waals surface area (Å²) in [7, 11) is 3.78. The molecule has 0 spiro atoms. The fraction of sp³-hybridized carbons (Fsp3) is 0.600. The van der Waals surface area contributed by atoms with E-state index in [0.29, 0.717) is 6.04 Å². The van der Waals surface area contributed by atoms with Gasteiger partial charge in [-0.05, 0) is 31.9 Å². The molecule has 3 nitrogen and oxygen atoms in total. The lowest BCUT2D eigenvalue weighted by atomic mass is 10.0. The van der Waals surface area contributed by atoms with Crippen LogP contribution in [0.5, 0.6) is 5.75 Å². The first kappa shape index (κ1) is 13.2. The summed E-state index contributed by atoms with van der Waals surface area (Å²) in [5.74, 6) is 0.771. The summed E-state index contributed by atoms with van der Waals surface area (Å²) in [4.78, 5) is 2.30. The van der Waals surface area contributed by atoms with Crippen LogP contribution in [-0.2, 0) is 0 Å². The second-order valence-electron chi connectivity index (χ2n) is 5.12. The topological polar surface area (TPSA) is 32.7 Å². The van der Waals surface area contributed by atoms with Crippen molar-refractivity contribution in [2.45, 2.75) is 44.8 Å². The second kappa shape index (κ2) is 5.61. The molecule has 3 heteroatoms. The first-order valence-corrected chi connectivity index (χ1v) is 6.73. The smallest absolute Gasteiger partial charge is 0.126 e. The molecular formula is C15H23NO2. The molecular weight excluding hydrogens is 226 g/mol. The number of hydrogen-bond acceptors (Lipinski definition) is 3. The average Bonchev–Trinajstić information content (AvgIpc) is 2.90. The molecule has 1 aliphatic rings. The van der Waals surface area contributed by atoms with Crippen LogP contribution in [-0.4, -0.2) is 25.3 Å². The van der Waals surface area contributed by atoms with Crippen molar-refractivity contribution >= 4 is 5.69 Å². The number of rotatable bonds is 4. The van der Waals surface area contributed by atoms with Gasteiger partial charge in [-0.1, -0.05) is 18.9 Å². The fourth-order valence-electron chi connectivity index (χ4n) is 2.93. The van der Waals surface area contributed by atoms with Gasteiger partial charge in [0.1, 0.15) is 5.75 Å². The number of aliphatic hydroxyl groups excluding tert-OH is 1. The Morgan fingerprint density at radius 3 is 2.56 bits per heavy atom. The van der Waals surface area contributed by atoms with Crippen LogP contribution >= 0.6 is 0 Å². The number of methoxy groups -OCH3 is 1. The molecule has 1 aromatic carbocycles. The van der Waals surface area contributed by atoms with Crippen LogP contribution in [0.15, 0.2) is 18.2 Å². The van der Waals surface area contributed by atoms with Gasteiger partial charge in [0.15, 0.2) is 0 Å². The number of ether oxygens (including phenoxy) is 1. The van der Waals surface area contributed by atoms with Gasteiger partial charge in [0.25, 0.3) is 0 Å². The van der Waals surface area contributed by atoms with E-state index in [-0.39, 0.29) is 0 Å². The molecule has 1 fully saturated rings. The van der Waals surface area contributed by atoms with Crippen LogP contribution in [0.1, 0.15) is 44.3 Å². The number of anilines is 1. The molecule has 0 saturated heterocycles. The lowest BCUT2D eigenvalue weighted by Gasteiger charge is -2.30. The maximum atomic E-state index is 10.0. The van der Waals surface area contributed by atoms with E-state index in [1.165, 1.54) is 25.7 Å². The van der Waals surface area contributed by atoms with E-state index in [9.17, 15) is 5.11 Å². The van der Waals surface area contributed by atoms with Crippen molar-refractivity contribution < 1.29 is 9.84 Å². The Balaban J connectivity index is 2.36. The molecule has 1 aliphatic carbocycles. The summed E-state index contributed by atoms with van der Waals surface area (Å²) in [6.45, 7) is 1.80. The second-order valence-corrected chi connectivity index (χ2v) is 5.12. The normalized spacial score (nSPS) is 17.8. The quantitative estimate of drug-likeness (QED) is 0.890. The van der Waals surface area contributed by atoms with Crippen molar-refractivity contribution in [1.82, 2.24) is 0 Å². The van der Waals surface area contributed by atoms with Crippen LogP contribution in [0.3, 0.4) is 0 Å². The van der Waals surface area contributed by atoms with E-state index >= 15 is 0 Å². The van der Waals surface area contributed by atoms with Crippen molar-refractivity contribution in [2.75, 3.05) is 19.1 Å². The highest BCUT2D eigenvalue weighted by Crippen LogP contribution is 2.37. The lowest BCUT2D eigenvalue weighted by molar-refractivity contribution is 0.194. The largest absolute Gasteiger partial charge is 0.496 e. The summed E-state index contributed by atoms with van der Waals surface area (Å²) in [6.07, 6.45) is 4.59. The molecule has 1 aromatic rings. The van der Waals surface area contributed by atoms with E-state index in [4.69, 9.17) is 4.74 Å². The van der Waals surface area contributed by atoms with E-state index < -0.39 is 6.10 Å². The molecule has 0 bridgehead atoms. The molecule has 1 atom stereocenters. The van der Waals surface area contributed by atoms with E-state index in [0.717, 1.165) is 17.0 Å². The summed E-state index contributed by atoms with van der Waals surface area (Å²) >= 11 is 0. The van der Waals surface area contributed by atoms with Crippen LogP contribution in [0.25, 0.3) is 0 Å². The van der Waals surface area contributed by atoms with Crippen LogP contribution in [0, 0.1) is 0 Å². The van der Waals surface area contributed by atoms with E-state index in [2.05, 4.69) is 18.0 Å². The Bertz CT molecular complexity index is 397. The predicted octanol–water partition coefficient (Wildman–Crippen LogP) is 3.13. The predicted molar refractivity (Wildman–Crippen MR) is 74.3 cm³/mol. The van der Waals surface area contributed by atoms with Crippen molar-refractivity contribution in [3.63, 3.8) is 0 Å². The highest BCUT2D eigenvalue weighted by atomic mass is 16.5. The van der Waals surface area contributed by atoms with Gasteiger partial charge >= 0.3 is 0 Å². The highest BCUT2D eigenvalue weighted by molar-refractivity contribution is 5.60. The molecule has 0 heterocycles. The number of hydrogen-bond donors (Lipinski definition) is 1. The summed E-state index contributed by atoms with van der Waals surface area (Å²) < 4.78 is 5.37. The Kier molecular flexibility index (Phi) is 4.12. The first-order chi connectivity index (χ1) is 8.65. The molecule has 100 valence electrons. The lowest BCUT2D eigenvalue weighted by Crippen LogP contribution is -2.30. The van der Waals surface area contributed by atoms with Gasteiger partial charge in [0, 0.05) is 24.3 Å². The number of nitrogens with zero attached hydrogens (tertiary/aromatic N) is 1. The molecule has 0 radical (unpaired) electrons. The summed E-state index contributed by atoms with van der Waals surface area (Å²) in [5, 5.41) is 10.0. The van der Waals surface area contributed by atoms with Gasteiger partial charge in [-0.2, -0.15) is 0 Å². The van der Waals surface area contributed by atoms with Gasteiger partial charge in [-0.3, -0.25) is 0 Å². The molecule has 18 heavy (non-hydrogen) atoms. The van der Waals surface area contributed by atoms with Gasteiger partial charge in [0.05, 0.1) is 13.2 Å². The molecule has 1 saturated carbocycles.